The monoisotopic (exact) mass is 618 g/mol. The van der Waals surface area contributed by atoms with Crippen LogP contribution in [0.1, 0.15) is 142 Å². The molecule has 1 aliphatic rings. The van der Waals surface area contributed by atoms with Gasteiger partial charge in [0, 0.05) is 12.8 Å². The van der Waals surface area contributed by atoms with Gasteiger partial charge in [-0.15, -0.1) is 0 Å². The van der Waals surface area contributed by atoms with Crippen molar-refractivity contribution in [3.8, 4) is 0 Å². The predicted octanol–water partition coefficient (Wildman–Crippen LogP) is 5.10. The molecule has 0 aliphatic carbocycles. The van der Waals surface area contributed by atoms with Crippen LogP contribution in [0, 0.1) is 0 Å². The lowest BCUT2D eigenvalue weighted by atomic mass is 9.99. The van der Waals surface area contributed by atoms with Crippen LogP contribution in [-0.4, -0.2) is 89.0 Å². The van der Waals surface area contributed by atoms with Gasteiger partial charge in [-0.25, -0.2) is 0 Å². The summed E-state index contributed by atoms with van der Waals surface area (Å²) in [5, 5.41) is 39.6. The third-order valence-electron chi connectivity index (χ3n) is 7.99. The second-order valence-corrected chi connectivity index (χ2v) is 12.0. The van der Waals surface area contributed by atoms with Gasteiger partial charge in [0.25, 0.3) is 0 Å². The topological polar surface area (TPSA) is 152 Å². The summed E-state index contributed by atoms with van der Waals surface area (Å²) >= 11 is 0. The van der Waals surface area contributed by atoms with E-state index in [9.17, 15) is 30.0 Å². The Kier molecular flexibility index (Phi) is 24.0. The van der Waals surface area contributed by atoms with Crippen molar-refractivity contribution in [2.75, 3.05) is 19.8 Å². The van der Waals surface area contributed by atoms with Crippen LogP contribution < -0.4 is 0 Å². The van der Waals surface area contributed by atoms with Crippen LogP contribution in [0.3, 0.4) is 0 Å². The first-order valence-electron chi connectivity index (χ1n) is 17.1. The number of hydrogen-bond acceptors (Lipinski definition) is 10. The summed E-state index contributed by atoms with van der Waals surface area (Å²) in [5.74, 6) is -0.822. The molecule has 4 N–H and O–H groups in total. The number of hydrogen-bond donors (Lipinski definition) is 4. The van der Waals surface area contributed by atoms with Crippen molar-refractivity contribution in [3.63, 3.8) is 0 Å². The molecule has 1 aliphatic heterocycles. The summed E-state index contributed by atoms with van der Waals surface area (Å²) in [5.41, 5.74) is 0. The first kappa shape index (κ1) is 39.7. The highest BCUT2D eigenvalue weighted by Gasteiger charge is 2.44. The maximum Gasteiger partial charge on any atom is 0.306 e. The summed E-state index contributed by atoms with van der Waals surface area (Å²) in [6.45, 7) is 3.26. The van der Waals surface area contributed by atoms with Crippen LogP contribution in [0.4, 0.5) is 0 Å². The van der Waals surface area contributed by atoms with Gasteiger partial charge in [0.1, 0.15) is 31.0 Å². The van der Waals surface area contributed by atoms with E-state index in [0.717, 1.165) is 38.5 Å². The molecular weight excluding hydrogens is 556 g/mol. The third-order valence-corrected chi connectivity index (χ3v) is 7.99. The zero-order valence-corrected chi connectivity index (χ0v) is 27.0. The summed E-state index contributed by atoms with van der Waals surface area (Å²) in [4.78, 5) is 24.7. The highest BCUT2D eigenvalue weighted by molar-refractivity contribution is 5.70. The highest BCUT2D eigenvalue weighted by Crippen LogP contribution is 2.22. The van der Waals surface area contributed by atoms with Gasteiger partial charge in [-0.2, -0.15) is 0 Å². The molecule has 43 heavy (non-hydrogen) atoms. The average Bonchev–Trinajstić information content (AvgIpc) is 3.00. The Morgan fingerprint density at radius 2 is 1.09 bits per heavy atom. The number of unbranched alkanes of at least 4 members (excludes halogenated alkanes) is 16. The largest absolute Gasteiger partial charge is 0.462 e. The fourth-order valence-corrected chi connectivity index (χ4v) is 5.19. The Morgan fingerprint density at radius 3 is 1.60 bits per heavy atom. The Bertz CT molecular complexity index is 689. The van der Waals surface area contributed by atoms with Crippen LogP contribution in [0.15, 0.2) is 0 Å². The quantitative estimate of drug-likeness (QED) is 0.0723. The van der Waals surface area contributed by atoms with E-state index in [2.05, 4.69) is 13.8 Å². The first-order chi connectivity index (χ1) is 20.8. The molecule has 254 valence electrons. The molecule has 6 atom stereocenters. The van der Waals surface area contributed by atoms with Crippen molar-refractivity contribution >= 4 is 11.9 Å². The molecule has 0 spiro atoms. The van der Waals surface area contributed by atoms with Gasteiger partial charge in [0.15, 0.2) is 12.4 Å². The van der Waals surface area contributed by atoms with E-state index in [-0.39, 0.29) is 32.0 Å². The van der Waals surface area contributed by atoms with E-state index < -0.39 is 49.4 Å². The van der Waals surface area contributed by atoms with E-state index in [1.54, 1.807) is 0 Å². The number of aliphatic hydroxyl groups is 4. The molecule has 0 aromatic rings. The van der Waals surface area contributed by atoms with E-state index in [4.69, 9.17) is 18.9 Å². The Balaban J connectivity index is 2.32. The van der Waals surface area contributed by atoms with Gasteiger partial charge in [0.2, 0.25) is 0 Å². The lowest BCUT2D eigenvalue weighted by molar-refractivity contribution is -0.305. The van der Waals surface area contributed by atoms with E-state index in [1.807, 2.05) is 0 Å². The van der Waals surface area contributed by atoms with Crippen LogP contribution >= 0.6 is 0 Å². The van der Waals surface area contributed by atoms with E-state index in [1.165, 1.54) is 70.6 Å². The van der Waals surface area contributed by atoms with Crippen molar-refractivity contribution in [2.24, 2.45) is 0 Å². The molecule has 1 heterocycles. The number of carbonyl (C=O) groups is 2. The van der Waals surface area contributed by atoms with Gasteiger partial charge >= 0.3 is 11.9 Å². The zero-order chi connectivity index (χ0) is 31.7. The minimum Gasteiger partial charge on any atom is -0.462 e. The van der Waals surface area contributed by atoms with Gasteiger partial charge in [-0.3, -0.25) is 9.59 Å². The normalized spacial score (nSPS) is 22.8. The molecule has 0 aromatic heterocycles. The van der Waals surface area contributed by atoms with Crippen molar-refractivity contribution < 1.29 is 49.0 Å². The fourth-order valence-electron chi connectivity index (χ4n) is 5.19. The number of esters is 2. The van der Waals surface area contributed by atoms with Gasteiger partial charge in [-0.05, 0) is 12.8 Å². The van der Waals surface area contributed by atoms with Crippen LogP contribution in [-0.2, 0) is 28.5 Å². The molecular formula is C33H62O10. The highest BCUT2D eigenvalue weighted by atomic mass is 16.7. The lowest BCUT2D eigenvalue weighted by Gasteiger charge is -2.39. The van der Waals surface area contributed by atoms with Crippen molar-refractivity contribution in [2.45, 2.75) is 179 Å². The maximum absolute atomic E-state index is 12.4. The second-order valence-electron chi connectivity index (χ2n) is 12.0. The number of aliphatic hydroxyl groups excluding tert-OH is 4. The molecule has 0 saturated carbocycles. The van der Waals surface area contributed by atoms with Crippen molar-refractivity contribution in [1.82, 2.24) is 0 Å². The molecule has 1 saturated heterocycles. The Morgan fingerprint density at radius 1 is 0.628 bits per heavy atom. The molecule has 10 nitrogen and oxygen atoms in total. The molecule has 0 unspecified atom stereocenters. The molecule has 1 rings (SSSR count). The number of rotatable bonds is 27. The molecule has 0 radical (unpaired) electrons. The number of carbonyl (C=O) groups excluding carboxylic acids is 2. The lowest BCUT2D eigenvalue weighted by Crippen LogP contribution is -2.59. The smallest absolute Gasteiger partial charge is 0.306 e. The first-order valence-corrected chi connectivity index (χ1v) is 17.1. The Labute approximate surface area is 259 Å². The third kappa shape index (κ3) is 19.0. The SMILES string of the molecule is CCCCCCCCCCCCCCCCC(=O)OC[C@H](CO[C@@H]1O[C@H](CO)[C@H](O)[C@H](O)[C@H]1O)OC(=O)CCCCCC. The van der Waals surface area contributed by atoms with Crippen molar-refractivity contribution in [3.05, 3.63) is 0 Å². The molecule has 0 aromatic carbocycles. The number of ether oxygens (including phenoxy) is 4. The zero-order valence-electron chi connectivity index (χ0n) is 27.0. The van der Waals surface area contributed by atoms with Crippen LogP contribution in [0.2, 0.25) is 0 Å². The Hall–Kier alpha value is -1.30. The minimum absolute atomic E-state index is 0.213. The van der Waals surface area contributed by atoms with E-state index >= 15 is 0 Å². The fraction of sp³-hybridized carbons (Fsp3) is 0.939. The summed E-state index contributed by atoms with van der Waals surface area (Å²) in [6.07, 6.45) is 13.3. The predicted molar refractivity (Wildman–Crippen MR) is 164 cm³/mol. The molecule has 10 heteroatoms. The van der Waals surface area contributed by atoms with Gasteiger partial charge in [0.05, 0.1) is 13.2 Å². The van der Waals surface area contributed by atoms with E-state index in [0.29, 0.717) is 6.42 Å². The minimum atomic E-state index is -1.58. The van der Waals surface area contributed by atoms with Gasteiger partial charge in [-0.1, -0.05) is 117 Å². The standard InChI is InChI=1S/C33H62O10/c1-3-5-7-9-10-11-12-13-14-15-16-17-18-20-21-28(35)40-24-26(42-29(36)22-19-8-6-4-2)25-41-33-32(39)31(38)30(37)27(23-34)43-33/h26-27,30-34,37-39H,3-25H2,1-2H3/t26-,27-,30+,31+,32-,33-/m1/s1. The maximum atomic E-state index is 12.4. The summed E-state index contributed by atoms with van der Waals surface area (Å²) < 4.78 is 21.8. The van der Waals surface area contributed by atoms with Crippen molar-refractivity contribution in [1.29, 1.82) is 0 Å². The van der Waals surface area contributed by atoms with Gasteiger partial charge < -0.3 is 39.4 Å². The molecule has 1 fully saturated rings. The molecule has 0 bridgehead atoms. The average molecular weight is 619 g/mol. The summed E-state index contributed by atoms with van der Waals surface area (Å²) in [7, 11) is 0. The second kappa shape index (κ2) is 26.0. The van der Waals surface area contributed by atoms with Crippen LogP contribution in [0.25, 0.3) is 0 Å². The summed E-state index contributed by atoms with van der Waals surface area (Å²) in [6, 6.07) is 0. The molecule has 0 amide bonds. The van der Waals surface area contributed by atoms with Crippen LogP contribution in [0.5, 0.6) is 0 Å².